The Bertz CT molecular complexity index is 691. The maximum atomic E-state index is 11.3. The fourth-order valence-electron chi connectivity index (χ4n) is 1.80. The molecule has 0 amide bonds. The summed E-state index contributed by atoms with van der Waals surface area (Å²) in [5.74, 6) is -0.280. The summed E-state index contributed by atoms with van der Waals surface area (Å²) in [6.07, 6.45) is 0. The standard InChI is InChI=1S/C13H13N3O6/c1-7(17)13(8(2)18)15-14-9-5-11-12(22-4-3-21-11)6-10(9)16(19)20/h5-6,17H,3-4H2,1-2H3/b13-7-,15-14?. The average Bonchev–Trinajstić information content (AvgIpc) is 2.45. The van der Waals surface area contributed by atoms with E-state index in [0.717, 1.165) is 0 Å². The van der Waals surface area contributed by atoms with Gasteiger partial charge >= 0.3 is 5.69 Å². The number of nitro groups is 1. The third-order valence-electron chi connectivity index (χ3n) is 2.77. The summed E-state index contributed by atoms with van der Waals surface area (Å²) in [4.78, 5) is 21.8. The molecular weight excluding hydrogens is 294 g/mol. The van der Waals surface area contributed by atoms with Crippen molar-refractivity contribution >= 4 is 17.2 Å². The maximum Gasteiger partial charge on any atom is 0.300 e. The minimum atomic E-state index is -0.643. The van der Waals surface area contributed by atoms with Crippen molar-refractivity contribution in [1.29, 1.82) is 0 Å². The van der Waals surface area contributed by atoms with E-state index in [1.165, 1.54) is 26.0 Å². The predicted molar refractivity (Wildman–Crippen MR) is 74.6 cm³/mol. The van der Waals surface area contributed by atoms with Gasteiger partial charge in [-0.3, -0.25) is 14.9 Å². The van der Waals surface area contributed by atoms with E-state index in [4.69, 9.17) is 9.47 Å². The van der Waals surface area contributed by atoms with E-state index in [9.17, 15) is 20.0 Å². The Morgan fingerprint density at radius 3 is 2.36 bits per heavy atom. The largest absolute Gasteiger partial charge is 0.510 e. The Morgan fingerprint density at radius 2 is 1.86 bits per heavy atom. The summed E-state index contributed by atoms with van der Waals surface area (Å²) < 4.78 is 10.6. The zero-order chi connectivity index (χ0) is 16.3. The first kappa shape index (κ1) is 15.4. The van der Waals surface area contributed by atoms with Crippen LogP contribution in [0.4, 0.5) is 11.4 Å². The van der Waals surface area contributed by atoms with E-state index in [0.29, 0.717) is 19.0 Å². The lowest BCUT2D eigenvalue weighted by molar-refractivity contribution is -0.384. The van der Waals surface area contributed by atoms with Crippen LogP contribution in [0.15, 0.2) is 33.8 Å². The molecule has 0 aromatic heterocycles. The molecule has 2 rings (SSSR count). The molecule has 1 aliphatic rings. The summed E-state index contributed by atoms with van der Waals surface area (Å²) >= 11 is 0. The van der Waals surface area contributed by atoms with Crippen molar-refractivity contribution in [3.63, 3.8) is 0 Å². The van der Waals surface area contributed by atoms with E-state index >= 15 is 0 Å². The number of ketones is 1. The second-order valence-corrected chi connectivity index (χ2v) is 4.43. The molecular formula is C13H13N3O6. The van der Waals surface area contributed by atoms with Gasteiger partial charge < -0.3 is 14.6 Å². The van der Waals surface area contributed by atoms with Crippen LogP contribution in [0.5, 0.6) is 11.5 Å². The van der Waals surface area contributed by atoms with Crippen molar-refractivity contribution in [3.05, 3.63) is 33.7 Å². The molecule has 1 N–H and O–H groups in total. The molecule has 0 aliphatic carbocycles. The Hall–Kier alpha value is -2.97. The molecule has 1 aliphatic heterocycles. The lowest BCUT2D eigenvalue weighted by Gasteiger charge is -2.18. The van der Waals surface area contributed by atoms with Crippen molar-refractivity contribution in [2.45, 2.75) is 13.8 Å². The monoisotopic (exact) mass is 307 g/mol. The van der Waals surface area contributed by atoms with E-state index in [-0.39, 0.29) is 28.6 Å². The highest BCUT2D eigenvalue weighted by Crippen LogP contribution is 2.41. The third kappa shape index (κ3) is 3.19. The molecule has 0 bridgehead atoms. The highest BCUT2D eigenvalue weighted by atomic mass is 16.6. The summed E-state index contributed by atoms with van der Waals surface area (Å²) in [5, 5.41) is 27.7. The van der Waals surface area contributed by atoms with Gasteiger partial charge in [0.2, 0.25) is 0 Å². The topological polar surface area (TPSA) is 124 Å². The van der Waals surface area contributed by atoms with Gasteiger partial charge in [-0.1, -0.05) is 0 Å². The molecule has 0 saturated carbocycles. The third-order valence-corrected chi connectivity index (χ3v) is 2.77. The van der Waals surface area contributed by atoms with Crippen LogP contribution >= 0.6 is 0 Å². The number of aliphatic hydroxyl groups excluding tert-OH is 1. The van der Waals surface area contributed by atoms with Crippen LogP contribution in [0, 0.1) is 10.1 Å². The van der Waals surface area contributed by atoms with Gasteiger partial charge in [0.05, 0.1) is 11.0 Å². The molecule has 0 radical (unpaired) electrons. The normalized spacial score (nSPS) is 14.6. The summed E-state index contributed by atoms with van der Waals surface area (Å²) in [6, 6.07) is 2.49. The number of nitro benzene ring substituents is 1. The molecule has 0 spiro atoms. The number of benzene rings is 1. The highest BCUT2D eigenvalue weighted by molar-refractivity contribution is 5.93. The molecule has 9 nitrogen and oxygen atoms in total. The lowest BCUT2D eigenvalue weighted by atomic mass is 10.2. The first-order valence-electron chi connectivity index (χ1n) is 6.30. The van der Waals surface area contributed by atoms with Gasteiger partial charge in [-0.2, -0.15) is 0 Å². The number of hydrogen-bond donors (Lipinski definition) is 1. The number of carbonyl (C=O) groups is 1. The number of rotatable bonds is 4. The quantitative estimate of drug-likeness (QED) is 0.300. The molecule has 0 saturated heterocycles. The van der Waals surface area contributed by atoms with Gasteiger partial charge in [-0.15, -0.1) is 10.2 Å². The predicted octanol–water partition coefficient (Wildman–Crippen LogP) is 2.83. The smallest absolute Gasteiger partial charge is 0.300 e. The van der Waals surface area contributed by atoms with Crippen molar-refractivity contribution in [2.24, 2.45) is 10.2 Å². The molecule has 0 atom stereocenters. The first-order chi connectivity index (χ1) is 10.4. The Kier molecular flexibility index (Phi) is 4.35. The van der Waals surface area contributed by atoms with Crippen molar-refractivity contribution in [1.82, 2.24) is 0 Å². The Morgan fingerprint density at radius 1 is 1.27 bits per heavy atom. The number of ether oxygens (including phenoxy) is 2. The van der Waals surface area contributed by atoms with Gasteiger partial charge in [-0.05, 0) is 6.92 Å². The first-order valence-corrected chi connectivity index (χ1v) is 6.30. The van der Waals surface area contributed by atoms with Crippen molar-refractivity contribution in [2.75, 3.05) is 13.2 Å². The molecule has 0 unspecified atom stereocenters. The minimum absolute atomic E-state index is 0.103. The molecule has 1 aromatic rings. The van der Waals surface area contributed by atoms with Gasteiger partial charge in [-0.25, -0.2) is 0 Å². The molecule has 1 aromatic carbocycles. The zero-order valence-corrected chi connectivity index (χ0v) is 11.9. The van der Waals surface area contributed by atoms with Crippen LogP contribution < -0.4 is 9.47 Å². The van der Waals surface area contributed by atoms with Crippen LogP contribution in [0.1, 0.15) is 13.8 Å². The number of azo groups is 1. The number of nitrogens with zero attached hydrogens (tertiary/aromatic N) is 3. The number of hydrogen-bond acceptors (Lipinski definition) is 8. The Balaban J connectivity index is 2.48. The highest BCUT2D eigenvalue weighted by Gasteiger charge is 2.22. The number of fused-ring (bicyclic) bond motifs is 1. The van der Waals surface area contributed by atoms with Crippen LogP contribution in [-0.2, 0) is 4.79 Å². The summed E-state index contributed by atoms with van der Waals surface area (Å²) in [5.41, 5.74) is -0.718. The van der Waals surface area contributed by atoms with Gasteiger partial charge in [0.15, 0.2) is 28.7 Å². The maximum absolute atomic E-state index is 11.3. The fourth-order valence-corrected chi connectivity index (χ4v) is 1.80. The second kappa shape index (κ2) is 6.20. The van der Waals surface area contributed by atoms with Crippen LogP contribution in [-0.4, -0.2) is 29.0 Å². The number of allylic oxidation sites excluding steroid dienone is 2. The molecule has 1 heterocycles. The number of carbonyl (C=O) groups excluding carboxylic acids is 1. The van der Waals surface area contributed by atoms with Crippen molar-refractivity contribution in [3.8, 4) is 11.5 Å². The van der Waals surface area contributed by atoms with Crippen LogP contribution in [0.2, 0.25) is 0 Å². The van der Waals surface area contributed by atoms with E-state index in [2.05, 4.69) is 10.2 Å². The van der Waals surface area contributed by atoms with Gasteiger partial charge in [0, 0.05) is 13.0 Å². The molecule has 22 heavy (non-hydrogen) atoms. The van der Waals surface area contributed by atoms with E-state index in [1.54, 1.807) is 0 Å². The van der Waals surface area contributed by atoms with Gasteiger partial charge in [0.1, 0.15) is 19.0 Å². The van der Waals surface area contributed by atoms with E-state index in [1.807, 2.05) is 0 Å². The molecule has 116 valence electrons. The Labute approximate surface area is 125 Å². The lowest BCUT2D eigenvalue weighted by Crippen LogP contribution is -2.15. The minimum Gasteiger partial charge on any atom is -0.510 e. The molecule has 9 heteroatoms. The van der Waals surface area contributed by atoms with Crippen molar-refractivity contribution < 1.29 is 24.3 Å². The summed E-state index contributed by atoms with van der Waals surface area (Å²) in [6.45, 7) is 3.09. The second-order valence-electron chi connectivity index (χ2n) is 4.43. The average molecular weight is 307 g/mol. The van der Waals surface area contributed by atoms with E-state index < -0.39 is 10.7 Å². The SMILES string of the molecule is CC(=O)/C(N=Nc1cc2c(cc1[N+](=O)[O-])OCCO2)=C(\C)O. The van der Waals surface area contributed by atoms with Crippen LogP contribution in [0.25, 0.3) is 0 Å². The van der Waals surface area contributed by atoms with Crippen LogP contribution in [0.3, 0.4) is 0 Å². The number of aliphatic hydroxyl groups is 1. The zero-order valence-electron chi connectivity index (χ0n) is 11.9. The number of Topliss-reactive ketones (excluding diaryl/α,β-unsaturated/α-hetero) is 1. The fraction of sp³-hybridized carbons (Fsp3) is 0.308. The summed E-state index contributed by atoms with van der Waals surface area (Å²) in [7, 11) is 0. The van der Waals surface area contributed by atoms with Gasteiger partial charge in [0.25, 0.3) is 0 Å². The molecule has 0 fully saturated rings.